The van der Waals surface area contributed by atoms with Crippen LogP contribution in [0.3, 0.4) is 0 Å². The molecule has 8 nitrogen and oxygen atoms in total. The van der Waals surface area contributed by atoms with Gasteiger partial charge in [-0.25, -0.2) is 9.59 Å². The molecule has 8 aliphatic carbocycles. The zero-order valence-electron chi connectivity index (χ0n) is 50.5. The Balaban J connectivity index is 0.000000225. The molecule has 9 heteroatoms. The Labute approximate surface area is 464 Å². The van der Waals surface area contributed by atoms with E-state index in [2.05, 4.69) is 101 Å². The maximum atomic E-state index is 12.2. The van der Waals surface area contributed by atoms with Crippen LogP contribution in [0, 0.1) is 105 Å². The maximum Gasteiger partial charge on any atom is 0.407 e. The van der Waals surface area contributed by atoms with Crippen LogP contribution in [0.5, 0.6) is 0 Å². The van der Waals surface area contributed by atoms with E-state index in [0.29, 0.717) is 22.8 Å². The average molecular weight is 1070 g/mol. The number of nitrogens with two attached hydrogens (primary N) is 1. The van der Waals surface area contributed by atoms with E-state index >= 15 is 0 Å². The summed E-state index contributed by atoms with van der Waals surface area (Å²) in [6.07, 6.45) is 31.9. The minimum absolute atomic E-state index is 0.0192. The van der Waals surface area contributed by atoms with Gasteiger partial charge in [-0.05, 0) is 221 Å². The van der Waals surface area contributed by atoms with Crippen molar-refractivity contribution in [2.24, 2.45) is 110 Å². The van der Waals surface area contributed by atoms with Gasteiger partial charge in [0.05, 0.1) is 12.2 Å². The molecule has 20 atom stereocenters. The van der Waals surface area contributed by atoms with E-state index in [0.717, 1.165) is 121 Å². The van der Waals surface area contributed by atoms with Gasteiger partial charge in [0.25, 0.3) is 0 Å². The normalized spacial score (nSPS) is 39.0. The molecular formula is C66H115ClN2O6. The summed E-state index contributed by atoms with van der Waals surface area (Å²) in [5.74, 6) is 11.9. The molecule has 0 radical (unpaired) electrons. The molecule has 432 valence electrons. The molecule has 0 aliphatic heterocycles. The summed E-state index contributed by atoms with van der Waals surface area (Å²) in [5.41, 5.74) is 9.02. The summed E-state index contributed by atoms with van der Waals surface area (Å²) in [6, 6.07) is 0. The molecule has 0 heterocycles. The van der Waals surface area contributed by atoms with Crippen LogP contribution in [0.4, 0.5) is 9.59 Å². The Morgan fingerprint density at radius 2 is 1.03 bits per heavy atom. The molecule has 0 aromatic carbocycles. The van der Waals surface area contributed by atoms with Crippen LogP contribution >= 0.6 is 11.6 Å². The number of hydrogen-bond acceptors (Lipinski definition) is 7. The largest absolute Gasteiger partial charge is 0.450 e. The van der Waals surface area contributed by atoms with Crippen LogP contribution in [0.2, 0.25) is 0 Å². The molecule has 6 saturated carbocycles. The molecule has 0 aromatic rings. The summed E-state index contributed by atoms with van der Waals surface area (Å²) < 4.78 is 11.2. The molecule has 6 fully saturated rings. The van der Waals surface area contributed by atoms with Gasteiger partial charge in [-0.15, -0.1) is 0 Å². The van der Waals surface area contributed by atoms with Crippen LogP contribution < -0.4 is 11.1 Å². The Hall–Kier alpha value is -1.61. The van der Waals surface area contributed by atoms with E-state index < -0.39 is 11.5 Å². The molecule has 5 N–H and O–H groups in total. The highest BCUT2D eigenvalue weighted by Gasteiger charge is 2.61. The highest BCUT2D eigenvalue weighted by molar-refractivity contribution is 6.61. The van der Waals surface area contributed by atoms with Gasteiger partial charge in [0.1, 0.15) is 12.2 Å². The molecule has 75 heavy (non-hydrogen) atoms. The first kappa shape index (κ1) is 62.6. The fraction of sp³-hybridized carbons (Fsp3) is 0.909. The van der Waals surface area contributed by atoms with E-state index in [-0.39, 0.29) is 36.4 Å². The quantitative estimate of drug-likeness (QED) is 0.0843. The lowest BCUT2D eigenvalue weighted by Gasteiger charge is -2.58. The van der Waals surface area contributed by atoms with Crippen LogP contribution in [0.25, 0.3) is 0 Å². The second-order valence-electron chi connectivity index (χ2n) is 28.7. The first-order valence-corrected chi connectivity index (χ1v) is 32.0. The molecule has 1 amide bonds. The third-order valence-corrected chi connectivity index (χ3v) is 24.1. The highest BCUT2D eigenvalue weighted by Crippen LogP contribution is 2.69. The SMILES string of the molecule is CC(O)CN.CC[C@H](CC[C@@H](C)[C@H]1CC[C@H]2[C@@H]3CC=C4C[C@@H](OC(=O)Cl)CC[C@]4(C)[C@H]3CC[C@]12C)C(C)C.CC[C@H](CC[C@@H](C)[C@H]1CC[C@H]2[C@@H]3CC=C4C[C@@H](OC(=O)NCC(C)O)CC[C@]4(C)[C@H]3CC[C@]12C)C(C)C. The number of halogens is 1. The first-order chi connectivity index (χ1) is 35.4. The Kier molecular flexibility index (Phi) is 22.3. The number of carbonyl (C=O) groups is 2. The van der Waals surface area contributed by atoms with E-state index in [4.69, 9.17) is 31.9 Å². The van der Waals surface area contributed by atoms with Crippen molar-refractivity contribution in [2.75, 3.05) is 13.1 Å². The van der Waals surface area contributed by atoms with Crippen molar-refractivity contribution >= 4 is 23.1 Å². The summed E-state index contributed by atoms with van der Waals surface area (Å²) in [5, 5.41) is 20.4. The highest BCUT2D eigenvalue weighted by atomic mass is 35.5. The van der Waals surface area contributed by atoms with Crippen molar-refractivity contribution in [3.05, 3.63) is 23.3 Å². The van der Waals surface area contributed by atoms with Gasteiger partial charge in [-0.2, -0.15) is 0 Å². The number of carbonyl (C=O) groups excluding carboxylic acids is 2. The Bertz CT molecular complexity index is 1900. The molecule has 2 unspecified atom stereocenters. The minimum atomic E-state index is -0.643. The van der Waals surface area contributed by atoms with Gasteiger partial charge in [-0.3, -0.25) is 0 Å². The number of aliphatic hydroxyl groups is 2. The van der Waals surface area contributed by atoms with Gasteiger partial charge >= 0.3 is 11.5 Å². The monoisotopic (exact) mass is 1070 g/mol. The summed E-state index contributed by atoms with van der Waals surface area (Å²) in [6.45, 7) is 33.9. The summed E-state index contributed by atoms with van der Waals surface area (Å²) in [4.78, 5) is 23.5. The van der Waals surface area contributed by atoms with Crippen LogP contribution in [-0.4, -0.2) is 59.2 Å². The van der Waals surface area contributed by atoms with Crippen LogP contribution in [-0.2, 0) is 9.47 Å². The number of nitrogens with one attached hydrogen (secondary N) is 1. The fourth-order valence-electron chi connectivity index (χ4n) is 19.3. The van der Waals surface area contributed by atoms with Crippen molar-refractivity contribution in [1.29, 1.82) is 0 Å². The summed E-state index contributed by atoms with van der Waals surface area (Å²) in [7, 11) is 0. The zero-order valence-corrected chi connectivity index (χ0v) is 51.3. The third-order valence-electron chi connectivity index (χ3n) is 24.0. The molecule has 8 rings (SSSR count). The molecule has 8 aliphatic rings. The van der Waals surface area contributed by atoms with E-state index in [1.807, 2.05) is 0 Å². The number of aliphatic hydroxyl groups excluding tert-OH is 2. The first-order valence-electron chi connectivity index (χ1n) is 31.6. The van der Waals surface area contributed by atoms with Gasteiger partial charge in [0.15, 0.2) is 0 Å². The second kappa shape index (κ2) is 26.8. The lowest BCUT2D eigenvalue weighted by molar-refractivity contribution is -0.0584. The Morgan fingerprint density at radius 1 is 0.613 bits per heavy atom. The molecule has 0 aromatic heterocycles. The lowest BCUT2D eigenvalue weighted by atomic mass is 9.47. The molecule has 0 saturated heterocycles. The van der Waals surface area contributed by atoms with Crippen molar-refractivity contribution in [2.45, 2.75) is 263 Å². The molecule has 0 spiro atoms. The van der Waals surface area contributed by atoms with Crippen molar-refractivity contribution in [1.82, 2.24) is 5.32 Å². The summed E-state index contributed by atoms with van der Waals surface area (Å²) >= 11 is 5.53. The topological polar surface area (TPSA) is 131 Å². The number of fused-ring (bicyclic) bond motifs is 10. The van der Waals surface area contributed by atoms with Crippen molar-refractivity contribution in [3.63, 3.8) is 0 Å². The number of amides is 1. The molecular weight excluding hydrogens is 952 g/mol. The van der Waals surface area contributed by atoms with Crippen LogP contribution in [0.1, 0.15) is 238 Å². The zero-order chi connectivity index (χ0) is 55.2. The van der Waals surface area contributed by atoms with E-state index in [9.17, 15) is 14.7 Å². The standard InChI is InChI=1S/C33H57NO3.C30H49ClO2.C3H9NO/c1-8-24(21(2)3)10-9-22(4)28-13-14-29-27-12-11-25-19-26(37-31(36)34-20-23(5)35)15-17-32(25,6)30(27)16-18-33(28,29)7;1-7-21(19(2)3)9-8-20(4)25-12-13-26-24-11-10-22-18-23(33-28(31)32)14-16-29(22,5)27(24)15-17-30(25,26)6;1-3(5)2-4/h11,21-24,26-30,35H,8-10,12-20H2,1-7H3,(H,34,36);10,19-21,23-27H,7-9,11-18H2,1-6H3;3,5H,2,4H2,1H3/t22-,23?,24-,26+,27+,28-,29+,30+,32+,33-;20-,21-,23+,24+,25-,26+,27+,29+,30-;/m11./s1. The van der Waals surface area contributed by atoms with Gasteiger partial charge in [0, 0.05) is 37.5 Å². The van der Waals surface area contributed by atoms with Gasteiger partial charge in [0.2, 0.25) is 0 Å². The Morgan fingerprint density at radius 3 is 1.39 bits per heavy atom. The van der Waals surface area contributed by atoms with E-state index in [1.165, 1.54) is 103 Å². The maximum absolute atomic E-state index is 12.2. The predicted octanol–water partition coefficient (Wildman–Crippen LogP) is 16.9. The van der Waals surface area contributed by atoms with E-state index in [1.54, 1.807) is 25.0 Å². The van der Waals surface area contributed by atoms with Crippen molar-refractivity contribution in [3.8, 4) is 0 Å². The minimum Gasteiger partial charge on any atom is -0.450 e. The number of rotatable bonds is 17. The van der Waals surface area contributed by atoms with Crippen LogP contribution in [0.15, 0.2) is 23.3 Å². The molecule has 0 bridgehead atoms. The predicted molar refractivity (Wildman–Crippen MR) is 311 cm³/mol. The third kappa shape index (κ3) is 14.1. The number of allylic oxidation sites excluding steroid dienone is 2. The lowest BCUT2D eigenvalue weighted by Crippen LogP contribution is -2.51. The average Bonchev–Trinajstić information content (AvgIpc) is 3.91. The second-order valence-corrected chi connectivity index (χ2v) is 29.0. The fourth-order valence-corrected chi connectivity index (χ4v) is 19.5. The number of ether oxygens (including phenoxy) is 2. The van der Waals surface area contributed by atoms with Gasteiger partial charge in [-0.1, -0.05) is 132 Å². The smallest absolute Gasteiger partial charge is 0.407 e. The number of hydrogen-bond donors (Lipinski definition) is 4. The van der Waals surface area contributed by atoms with Gasteiger partial charge < -0.3 is 30.7 Å². The number of alkyl carbamates (subject to hydrolysis) is 1. The van der Waals surface area contributed by atoms with Crippen molar-refractivity contribution < 1.29 is 29.3 Å².